The number of oxazole rings is 1. The molecule has 8 nitrogen and oxygen atoms in total. The standard InChI is InChI=1S/C17H16ClN5O3S/c1-27(24,25)23-11-4-2-3-10(13(11)18)14-15(12-7-8-20-17(19)21-12)26-16(22-14)9-5-6-9/h2-4,7-9,23H,5-6H2,1H3,(H2,19,20,21). The molecule has 3 aromatic rings. The van der Waals surface area contributed by atoms with Crippen molar-refractivity contribution in [3.8, 4) is 22.7 Å². The molecule has 10 heteroatoms. The second-order valence-electron chi connectivity index (χ2n) is 6.35. The molecular weight excluding hydrogens is 390 g/mol. The third-order valence-corrected chi connectivity index (χ3v) is 5.02. The summed E-state index contributed by atoms with van der Waals surface area (Å²) in [6.45, 7) is 0. The lowest BCUT2D eigenvalue weighted by molar-refractivity contribution is 0.508. The molecule has 0 amide bonds. The summed E-state index contributed by atoms with van der Waals surface area (Å²) in [6.07, 6.45) is 4.61. The summed E-state index contributed by atoms with van der Waals surface area (Å²) in [5, 5.41) is 0.224. The number of sulfonamides is 1. The quantitative estimate of drug-likeness (QED) is 0.667. The first kappa shape index (κ1) is 17.7. The van der Waals surface area contributed by atoms with Crippen molar-refractivity contribution in [2.45, 2.75) is 18.8 Å². The van der Waals surface area contributed by atoms with Crippen LogP contribution in [-0.2, 0) is 10.0 Å². The molecule has 1 aliphatic carbocycles. The number of hydrogen-bond acceptors (Lipinski definition) is 7. The smallest absolute Gasteiger partial charge is 0.229 e. The van der Waals surface area contributed by atoms with Gasteiger partial charge in [0, 0.05) is 17.7 Å². The fourth-order valence-electron chi connectivity index (χ4n) is 2.69. The van der Waals surface area contributed by atoms with E-state index in [4.69, 9.17) is 21.8 Å². The van der Waals surface area contributed by atoms with Crippen molar-refractivity contribution in [2.24, 2.45) is 0 Å². The van der Waals surface area contributed by atoms with E-state index in [1.807, 2.05) is 0 Å². The Balaban J connectivity index is 1.88. The van der Waals surface area contributed by atoms with Gasteiger partial charge in [0.15, 0.2) is 11.7 Å². The Hall–Kier alpha value is -2.65. The number of hydrogen-bond donors (Lipinski definition) is 2. The predicted molar refractivity (Wildman–Crippen MR) is 103 cm³/mol. The topological polar surface area (TPSA) is 124 Å². The largest absolute Gasteiger partial charge is 0.438 e. The highest BCUT2D eigenvalue weighted by atomic mass is 35.5. The Kier molecular flexibility index (Phi) is 4.27. The number of nitrogens with two attached hydrogens (primary N) is 1. The van der Waals surface area contributed by atoms with Crippen molar-refractivity contribution >= 4 is 33.3 Å². The molecule has 1 aliphatic rings. The van der Waals surface area contributed by atoms with Gasteiger partial charge in [0.1, 0.15) is 11.4 Å². The zero-order chi connectivity index (χ0) is 19.2. The maximum absolute atomic E-state index is 11.6. The Labute approximate surface area is 160 Å². The number of anilines is 2. The van der Waals surface area contributed by atoms with Gasteiger partial charge in [-0.3, -0.25) is 4.72 Å². The molecule has 3 N–H and O–H groups in total. The summed E-state index contributed by atoms with van der Waals surface area (Å²) in [5.74, 6) is 1.41. The molecule has 0 saturated heterocycles. The van der Waals surface area contributed by atoms with Crippen LogP contribution in [0.15, 0.2) is 34.9 Å². The van der Waals surface area contributed by atoms with Gasteiger partial charge >= 0.3 is 0 Å². The van der Waals surface area contributed by atoms with Crippen LogP contribution in [0.3, 0.4) is 0 Å². The van der Waals surface area contributed by atoms with E-state index in [0.717, 1.165) is 19.1 Å². The molecule has 2 aromatic heterocycles. The van der Waals surface area contributed by atoms with Gasteiger partial charge in [-0.15, -0.1) is 0 Å². The van der Waals surface area contributed by atoms with Crippen LogP contribution in [0.4, 0.5) is 11.6 Å². The zero-order valence-electron chi connectivity index (χ0n) is 14.3. The van der Waals surface area contributed by atoms with E-state index in [9.17, 15) is 8.42 Å². The monoisotopic (exact) mass is 405 g/mol. The predicted octanol–water partition coefficient (Wildman–Crippen LogP) is 3.28. The summed E-state index contributed by atoms with van der Waals surface area (Å²) in [6, 6.07) is 6.69. The highest BCUT2D eigenvalue weighted by molar-refractivity contribution is 7.92. The van der Waals surface area contributed by atoms with Crippen LogP contribution in [-0.4, -0.2) is 29.6 Å². The number of rotatable bonds is 5. The Morgan fingerprint density at radius 2 is 2.04 bits per heavy atom. The molecular formula is C17H16ClN5O3S. The van der Waals surface area contributed by atoms with E-state index < -0.39 is 10.0 Å². The second kappa shape index (κ2) is 6.50. The number of nitrogen functional groups attached to an aromatic ring is 1. The molecule has 1 aromatic carbocycles. The number of nitrogens with zero attached hydrogens (tertiary/aromatic N) is 3. The molecule has 27 heavy (non-hydrogen) atoms. The zero-order valence-corrected chi connectivity index (χ0v) is 15.9. The lowest BCUT2D eigenvalue weighted by Crippen LogP contribution is -2.10. The molecule has 2 heterocycles. The lowest BCUT2D eigenvalue weighted by atomic mass is 10.1. The average Bonchev–Trinajstić information content (AvgIpc) is 3.35. The van der Waals surface area contributed by atoms with Crippen LogP contribution in [0.25, 0.3) is 22.7 Å². The van der Waals surface area contributed by atoms with Crippen LogP contribution in [0.2, 0.25) is 5.02 Å². The minimum Gasteiger partial charge on any atom is -0.438 e. The van der Waals surface area contributed by atoms with E-state index in [2.05, 4.69) is 19.7 Å². The Morgan fingerprint density at radius 1 is 1.26 bits per heavy atom. The normalized spacial score (nSPS) is 14.3. The van der Waals surface area contributed by atoms with Gasteiger partial charge in [-0.05, 0) is 25.0 Å². The van der Waals surface area contributed by atoms with E-state index in [0.29, 0.717) is 28.6 Å². The van der Waals surface area contributed by atoms with Crippen LogP contribution in [0.5, 0.6) is 0 Å². The first-order valence-corrected chi connectivity index (χ1v) is 10.4. The van der Waals surface area contributed by atoms with E-state index in [1.165, 1.54) is 6.20 Å². The van der Waals surface area contributed by atoms with E-state index >= 15 is 0 Å². The summed E-state index contributed by atoms with van der Waals surface area (Å²) in [4.78, 5) is 12.7. The van der Waals surface area contributed by atoms with E-state index in [-0.39, 0.29) is 22.6 Å². The summed E-state index contributed by atoms with van der Waals surface area (Å²) in [7, 11) is -3.48. The highest BCUT2D eigenvalue weighted by Gasteiger charge is 2.32. The molecule has 0 atom stereocenters. The number of halogens is 1. The average molecular weight is 406 g/mol. The minimum atomic E-state index is -3.48. The number of nitrogens with one attached hydrogen (secondary N) is 1. The van der Waals surface area contributed by atoms with Gasteiger partial charge in [0.2, 0.25) is 16.0 Å². The van der Waals surface area contributed by atoms with Gasteiger partial charge in [-0.1, -0.05) is 23.7 Å². The molecule has 0 radical (unpaired) electrons. The molecule has 140 valence electrons. The maximum atomic E-state index is 11.6. The Morgan fingerprint density at radius 3 is 2.70 bits per heavy atom. The number of benzene rings is 1. The van der Waals surface area contributed by atoms with Crippen LogP contribution >= 0.6 is 11.6 Å². The van der Waals surface area contributed by atoms with Crippen molar-refractivity contribution in [2.75, 3.05) is 16.7 Å². The summed E-state index contributed by atoms with van der Waals surface area (Å²) in [5.41, 5.74) is 7.46. The van der Waals surface area contributed by atoms with E-state index in [1.54, 1.807) is 24.3 Å². The van der Waals surface area contributed by atoms with Crippen molar-refractivity contribution < 1.29 is 12.8 Å². The van der Waals surface area contributed by atoms with Gasteiger partial charge in [-0.2, -0.15) is 0 Å². The molecule has 0 bridgehead atoms. The van der Waals surface area contributed by atoms with Gasteiger partial charge in [-0.25, -0.2) is 23.4 Å². The first-order valence-electron chi connectivity index (χ1n) is 8.18. The third-order valence-electron chi connectivity index (χ3n) is 4.03. The van der Waals surface area contributed by atoms with Crippen molar-refractivity contribution in [3.05, 3.63) is 41.4 Å². The first-order chi connectivity index (χ1) is 12.8. The molecule has 1 fully saturated rings. The summed E-state index contributed by atoms with van der Waals surface area (Å²) < 4.78 is 31.6. The SMILES string of the molecule is CS(=O)(=O)Nc1cccc(-c2nc(C3CC3)oc2-c2ccnc(N)n2)c1Cl. The fourth-order valence-corrected chi connectivity index (χ4v) is 3.58. The van der Waals surface area contributed by atoms with Gasteiger partial charge in [0.05, 0.1) is 17.0 Å². The van der Waals surface area contributed by atoms with Crippen LogP contribution in [0.1, 0.15) is 24.7 Å². The van der Waals surface area contributed by atoms with Gasteiger partial charge in [0.25, 0.3) is 0 Å². The maximum Gasteiger partial charge on any atom is 0.229 e. The molecule has 0 unspecified atom stereocenters. The molecule has 1 saturated carbocycles. The van der Waals surface area contributed by atoms with Crippen LogP contribution in [0, 0.1) is 0 Å². The van der Waals surface area contributed by atoms with Crippen molar-refractivity contribution in [1.82, 2.24) is 15.0 Å². The molecule has 4 rings (SSSR count). The number of aromatic nitrogens is 3. The Bertz CT molecular complexity index is 1130. The van der Waals surface area contributed by atoms with Gasteiger partial charge < -0.3 is 10.2 Å². The fraction of sp³-hybridized carbons (Fsp3) is 0.235. The molecule has 0 spiro atoms. The molecule has 0 aliphatic heterocycles. The minimum absolute atomic E-state index is 0.112. The van der Waals surface area contributed by atoms with Crippen molar-refractivity contribution in [1.29, 1.82) is 0 Å². The summed E-state index contributed by atoms with van der Waals surface area (Å²) >= 11 is 6.48. The lowest BCUT2D eigenvalue weighted by Gasteiger charge is -2.10. The second-order valence-corrected chi connectivity index (χ2v) is 8.47. The van der Waals surface area contributed by atoms with Crippen molar-refractivity contribution in [3.63, 3.8) is 0 Å². The van der Waals surface area contributed by atoms with Crippen LogP contribution < -0.4 is 10.5 Å². The third kappa shape index (κ3) is 3.74. The highest BCUT2D eigenvalue weighted by Crippen LogP contribution is 2.45.